The third kappa shape index (κ3) is 4.73. The van der Waals surface area contributed by atoms with E-state index in [9.17, 15) is 4.79 Å². The van der Waals surface area contributed by atoms with E-state index < -0.39 is 0 Å². The fourth-order valence-electron chi connectivity index (χ4n) is 3.02. The molecule has 2 heterocycles. The standard InChI is InChI=1S/C20H25N3O3/c1-23(2)17(16-8-9-18-19(11-16)26-14-25-18)13-22-20(24)7-3-5-15-6-4-10-21-12-15/h4,6,8-12,17H,3,5,7,13-14H2,1-2H3,(H,22,24). The van der Waals surface area contributed by atoms with E-state index in [0.717, 1.165) is 35.5 Å². The number of hydrogen-bond donors (Lipinski definition) is 1. The van der Waals surface area contributed by atoms with E-state index in [1.807, 2.05) is 50.6 Å². The van der Waals surface area contributed by atoms with Crippen LogP contribution < -0.4 is 14.8 Å². The van der Waals surface area contributed by atoms with Gasteiger partial charge in [0.2, 0.25) is 12.7 Å². The predicted octanol–water partition coefficient (Wildman–Crippen LogP) is 2.55. The number of hydrogen-bond acceptors (Lipinski definition) is 5. The van der Waals surface area contributed by atoms with Crippen LogP contribution in [-0.2, 0) is 11.2 Å². The molecular formula is C20H25N3O3. The van der Waals surface area contributed by atoms with Crippen LogP contribution in [0.25, 0.3) is 0 Å². The Bertz CT molecular complexity index is 734. The molecule has 6 heteroatoms. The number of benzene rings is 1. The quantitative estimate of drug-likeness (QED) is 0.788. The van der Waals surface area contributed by atoms with Gasteiger partial charge in [-0.3, -0.25) is 9.78 Å². The summed E-state index contributed by atoms with van der Waals surface area (Å²) >= 11 is 0. The molecule has 0 spiro atoms. The highest BCUT2D eigenvalue weighted by atomic mass is 16.7. The van der Waals surface area contributed by atoms with E-state index >= 15 is 0 Å². The summed E-state index contributed by atoms with van der Waals surface area (Å²) in [7, 11) is 4.01. The van der Waals surface area contributed by atoms with Crippen molar-refractivity contribution >= 4 is 5.91 Å². The van der Waals surface area contributed by atoms with Gasteiger partial charge in [0.25, 0.3) is 0 Å². The van der Waals surface area contributed by atoms with E-state index in [-0.39, 0.29) is 18.7 Å². The van der Waals surface area contributed by atoms with Crippen LogP contribution >= 0.6 is 0 Å². The number of carbonyl (C=O) groups excluding carboxylic acids is 1. The zero-order valence-corrected chi connectivity index (χ0v) is 15.3. The molecular weight excluding hydrogens is 330 g/mol. The Labute approximate surface area is 154 Å². The van der Waals surface area contributed by atoms with Crippen molar-refractivity contribution < 1.29 is 14.3 Å². The van der Waals surface area contributed by atoms with Gasteiger partial charge in [-0.25, -0.2) is 0 Å². The Morgan fingerprint density at radius 3 is 2.88 bits per heavy atom. The normalized spacial score (nSPS) is 13.7. The molecule has 0 saturated heterocycles. The molecule has 1 aromatic heterocycles. The fourth-order valence-corrected chi connectivity index (χ4v) is 3.02. The summed E-state index contributed by atoms with van der Waals surface area (Å²) in [5.41, 5.74) is 2.25. The van der Waals surface area contributed by atoms with Gasteiger partial charge in [0, 0.05) is 25.4 Å². The van der Waals surface area contributed by atoms with Crippen LogP contribution in [0.15, 0.2) is 42.7 Å². The van der Waals surface area contributed by atoms with Crippen molar-refractivity contribution in [1.29, 1.82) is 0 Å². The summed E-state index contributed by atoms with van der Waals surface area (Å²) in [5, 5.41) is 3.05. The zero-order chi connectivity index (χ0) is 18.4. The first-order valence-corrected chi connectivity index (χ1v) is 8.85. The molecule has 138 valence electrons. The Morgan fingerprint density at radius 1 is 1.27 bits per heavy atom. The van der Waals surface area contributed by atoms with Gasteiger partial charge in [-0.05, 0) is 56.3 Å². The summed E-state index contributed by atoms with van der Waals surface area (Å²) < 4.78 is 10.8. The lowest BCUT2D eigenvalue weighted by molar-refractivity contribution is -0.121. The van der Waals surface area contributed by atoms with Gasteiger partial charge in [0.15, 0.2) is 11.5 Å². The van der Waals surface area contributed by atoms with Crippen molar-refractivity contribution in [2.45, 2.75) is 25.3 Å². The van der Waals surface area contributed by atoms with Crippen LogP contribution in [0.3, 0.4) is 0 Å². The van der Waals surface area contributed by atoms with E-state index in [4.69, 9.17) is 9.47 Å². The second-order valence-electron chi connectivity index (χ2n) is 6.61. The molecule has 1 aromatic carbocycles. The third-order valence-electron chi connectivity index (χ3n) is 4.49. The van der Waals surface area contributed by atoms with Crippen LogP contribution in [-0.4, -0.2) is 43.2 Å². The number of carbonyl (C=O) groups is 1. The highest BCUT2D eigenvalue weighted by Crippen LogP contribution is 2.34. The Balaban J connectivity index is 1.50. The van der Waals surface area contributed by atoms with Crippen molar-refractivity contribution in [3.63, 3.8) is 0 Å². The maximum absolute atomic E-state index is 12.2. The molecule has 2 aromatic rings. The SMILES string of the molecule is CN(C)C(CNC(=O)CCCc1cccnc1)c1ccc2c(c1)OCO2. The number of nitrogens with one attached hydrogen (secondary N) is 1. The number of pyridine rings is 1. The molecule has 1 aliphatic heterocycles. The number of rotatable bonds is 8. The molecule has 26 heavy (non-hydrogen) atoms. The van der Waals surface area contributed by atoms with Gasteiger partial charge in [0.05, 0.1) is 6.04 Å². The first-order chi connectivity index (χ1) is 12.6. The number of nitrogens with zero attached hydrogens (tertiary/aromatic N) is 2. The summed E-state index contributed by atoms with van der Waals surface area (Å²) in [5.74, 6) is 1.60. The molecule has 1 N–H and O–H groups in total. The van der Waals surface area contributed by atoms with Gasteiger partial charge >= 0.3 is 0 Å². The molecule has 1 unspecified atom stereocenters. The number of fused-ring (bicyclic) bond motifs is 1. The molecule has 1 amide bonds. The molecule has 0 radical (unpaired) electrons. The Kier molecular flexibility index (Phi) is 6.07. The average molecular weight is 355 g/mol. The second kappa shape index (κ2) is 8.67. The summed E-state index contributed by atoms with van der Waals surface area (Å²) in [4.78, 5) is 18.4. The number of ether oxygens (including phenoxy) is 2. The Morgan fingerprint density at radius 2 is 2.12 bits per heavy atom. The smallest absolute Gasteiger partial charge is 0.231 e. The van der Waals surface area contributed by atoms with Crippen LogP contribution in [0.2, 0.25) is 0 Å². The number of aryl methyl sites for hydroxylation is 1. The summed E-state index contributed by atoms with van der Waals surface area (Å²) in [6.07, 6.45) is 5.79. The van der Waals surface area contributed by atoms with Crippen LogP contribution in [0.1, 0.15) is 30.0 Å². The molecule has 0 fully saturated rings. The van der Waals surface area contributed by atoms with Gasteiger partial charge in [0.1, 0.15) is 0 Å². The molecule has 0 bridgehead atoms. The molecule has 0 aliphatic carbocycles. The third-order valence-corrected chi connectivity index (χ3v) is 4.49. The molecule has 0 saturated carbocycles. The highest BCUT2D eigenvalue weighted by molar-refractivity contribution is 5.75. The zero-order valence-electron chi connectivity index (χ0n) is 15.3. The van der Waals surface area contributed by atoms with E-state index in [0.29, 0.717) is 13.0 Å². The van der Waals surface area contributed by atoms with Crippen molar-refractivity contribution in [2.75, 3.05) is 27.4 Å². The molecule has 3 rings (SSSR count). The van der Waals surface area contributed by atoms with E-state index in [1.54, 1.807) is 6.20 Å². The summed E-state index contributed by atoms with van der Waals surface area (Å²) in [6.45, 7) is 0.817. The first-order valence-electron chi connectivity index (χ1n) is 8.85. The topological polar surface area (TPSA) is 63.7 Å². The Hall–Kier alpha value is -2.60. The molecule has 1 aliphatic rings. The lowest BCUT2D eigenvalue weighted by Gasteiger charge is -2.25. The minimum atomic E-state index is 0.0708. The second-order valence-corrected chi connectivity index (χ2v) is 6.61. The minimum absolute atomic E-state index is 0.0708. The first kappa shape index (κ1) is 18.2. The lowest BCUT2D eigenvalue weighted by atomic mass is 10.0. The number of aromatic nitrogens is 1. The van der Waals surface area contributed by atoms with Gasteiger partial charge in [-0.15, -0.1) is 0 Å². The number of likely N-dealkylation sites (N-methyl/N-ethyl adjacent to an activating group) is 1. The van der Waals surface area contributed by atoms with Gasteiger partial charge in [-0.2, -0.15) is 0 Å². The van der Waals surface area contributed by atoms with Crippen molar-refractivity contribution in [3.8, 4) is 11.5 Å². The predicted molar refractivity (Wildman–Crippen MR) is 99.2 cm³/mol. The fraction of sp³-hybridized carbons (Fsp3) is 0.400. The molecule has 6 nitrogen and oxygen atoms in total. The van der Waals surface area contributed by atoms with E-state index in [1.165, 1.54) is 0 Å². The van der Waals surface area contributed by atoms with E-state index in [2.05, 4.69) is 15.2 Å². The van der Waals surface area contributed by atoms with Crippen molar-refractivity contribution in [2.24, 2.45) is 0 Å². The van der Waals surface area contributed by atoms with Gasteiger partial charge < -0.3 is 19.7 Å². The minimum Gasteiger partial charge on any atom is -0.454 e. The maximum Gasteiger partial charge on any atom is 0.231 e. The van der Waals surface area contributed by atoms with Crippen molar-refractivity contribution in [3.05, 3.63) is 53.9 Å². The monoisotopic (exact) mass is 355 g/mol. The average Bonchev–Trinajstić information content (AvgIpc) is 3.10. The highest BCUT2D eigenvalue weighted by Gasteiger charge is 2.20. The van der Waals surface area contributed by atoms with Crippen LogP contribution in [0.5, 0.6) is 11.5 Å². The maximum atomic E-state index is 12.2. The van der Waals surface area contributed by atoms with Crippen LogP contribution in [0, 0.1) is 0 Å². The summed E-state index contributed by atoms with van der Waals surface area (Å²) in [6, 6.07) is 9.96. The molecule has 1 atom stereocenters. The van der Waals surface area contributed by atoms with Gasteiger partial charge in [-0.1, -0.05) is 12.1 Å². The van der Waals surface area contributed by atoms with Crippen LogP contribution in [0.4, 0.5) is 0 Å². The number of amides is 1. The largest absolute Gasteiger partial charge is 0.454 e. The van der Waals surface area contributed by atoms with Crippen molar-refractivity contribution in [1.82, 2.24) is 15.2 Å². The lowest BCUT2D eigenvalue weighted by Crippen LogP contribution is -2.34.